The number of aliphatic carboxylic acids is 1. The van der Waals surface area contributed by atoms with E-state index in [1.807, 2.05) is 6.92 Å². The summed E-state index contributed by atoms with van der Waals surface area (Å²) < 4.78 is 13.5. The molecule has 19 heavy (non-hydrogen) atoms. The Labute approximate surface area is 110 Å². The zero-order valence-corrected chi connectivity index (χ0v) is 10.6. The van der Waals surface area contributed by atoms with Gasteiger partial charge in [-0.2, -0.15) is 0 Å². The van der Waals surface area contributed by atoms with E-state index >= 15 is 0 Å². The van der Waals surface area contributed by atoms with E-state index in [1.54, 1.807) is 0 Å². The molecular formula is C13H17FN2O3. The highest BCUT2D eigenvalue weighted by Gasteiger charge is 2.18. The first kappa shape index (κ1) is 14.9. The Morgan fingerprint density at radius 3 is 2.68 bits per heavy atom. The van der Waals surface area contributed by atoms with Crippen molar-refractivity contribution in [3.63, 3.8) is 0 Å². The van der Waals surface area contributed by atoms with Gasteiger partial charge in [0.15, 0.2) is 0 Å². The molecule has 1 unspecified atom stereocenters. The molecule has 1 aromatic carbocycles. The third-order valence-electron chi connectivity index (χ3n) is 2.63. The Morgan fingerprint density at radius 2 is 2.16 bits per heavy atom. The van der Waals surface area contributed by atoms with Crippen LogP contribution in [0.3, 0.4) is 0 Å². The molecule has 0 saturated heterocycles. The molecule has 1 aromatic rings. The van der Waals surface area contributed by atoms with Gasteiger partial charge in [-0.25, -0.2) is 4.39 Å². The van der Waals surface area contributed by atoms with E-state index in [4.69, 9.17) is 10.8 Å². The summed E-state index contributed by atoms with van der Waals surface area (Å²) in [5.74, 6) is -2.35. The molecule has 0 spiro atoms. The Morgan fingerprint density at radius 1 is 1.47 bits per heavy atom. The molecule has 0 aliphatic carbocycles. The molecule has 6 heteroatoms. The monoisotopic (exact) mass is 268 g/mol. The fourth-order valence-corrected chi connectivity index (χ4v) is 1.76. The smallest absolute Gasteiger partial charge is 0.305 e. The summed E-state index contributed by atoms with van der Waals surface area (Å²) in [6.07, 6.45) is 1.06. The predicted molar refractivity (Wildman–Crippen MR) is 69.2 cm³/mol. The third-order valence-corrected chi connectivity index (χ3v) is 2.63. The maximum atomic E-state index is 13.5. The number of nitrogens with two attached hydrogens (primary N) is 1. The van der Waals surface area contributed by atoms with Crippen LogP contribution in [0.1, 0.15) is 36.5 Å². The lowest BCUT2D eigenvalue weighted by atomic mass is 10.1. The lowest BCUT2D eigenvalue weighted by Crippen LogP contribution is -2.36. The highest BCUT2D eigenvalue weighted by Crippen LogP contribution is 2.12. The molecule has 0 radical (unpaired) electrons. The van der Waals surface area contributed by atoms with E-state index in [-0.39, 0.29) is 17.7 Å². The van der Waals surface area contributed by atoms with E-state index in [2.05, 4.69) is 5.32 Å². The van der Waals surface area contributed by atoms with E-state index in [1.165, 1.54) is 12.1 Å². The largest absolute Gasteiger partial charge is 0.481 e. The van der Waals surface area contributed by atoms with Crippen molar-refractivity contribution >= 4 is 17.6 Å². The SMILES string of the molecule is CCCC(CC(=O)O)NC(=O)c1ccc(N)cc1F. The number of benzene rings is 1. The Hall–Kier alpha value is -2.11. The van der Waals surface area contributed by atoms with Crippen molar-refractivity contribution in [3.8, 4) is 0 Å². The van der Waals surface area contributed by atoms with Crippen LogP contribution in [-0.4, -0.2) is 23.0 Å². The molecule has 1 amide bonds. The van der Waals surface area contributed by atoms with E-state index in [9.17, 15) is 14.0 Å². The van der Waals surface area contributed by atoms with Crippen LogP contribution in [0.2, 0.25) is 0 Å². The lowest BCUT2D eigenvalue weighted by Gasteiger charge is -2.16. The van der Waals surface area contributed by atoms with Crippen LogP contribution in [0.25, 0.3) is 0 Å². The molecule has 0 aliphatic heterocycles. The number of hydrogen-bond acceptors (Lipinski definition) is 3. The number of rotatable bonds is 6. The quantitative estimate of drug-likeness (QED) is 0.686. The van der Waals surface area contributed by atoms with Crippen LogP contribution < -0.4 is 11.1 Å². The van der Waals surface area contributed by atoms with Gasteiger partial charge in [0.05, 0.1) is 12.0 Å². The van der Waals surface area contributed by atoms with Gasteiger partial charge in [0.2, 0.25) is 0 Å². The molecule has 0 fully saturated rings. The first-order chi connectivity index (χ1) is 8.93. The fourth-order valence-electron chi connectivity index (χ4n) is 1.76. The van der Waals surface area contributed by atoms with Crippen molar-refractivity contribution in [1.29, 1.82) is 0 Å². The summed E-state index contributed by atoms with van der Waals surface area (Å²) in [7, 11) is 0. The third kappa shape index (κ3) is 4.57. The van der Waals surface area contributed by atoms with Crippen molar-refractivity contribution in [2.75, 3.05) is 5.73 Å². The number of nitrogens with one attached hydrogen (secondary N) is 1. The Balaban J connectivity index is 2.78. The van der Waals surface area contributed by atoms with Crippen molar-refractivity contribution in [3.05, 3.63) is 29.6 Å². The minimum atomic E-state index is -1.00. The van der Waals surface area contributed by atoms with Gasteiger partial charge in [-0.15, -0.1) is 0 Å². The Kier molecular flexibility index (Phi) is 5.29. The zero-order chi connectivity index (χ0) is 14.4. The van der Waals surface area contributed by atoms with E-state index in [0.29, 0.717) is 6.42 Å². The van der Waals surface area contributed by atoms with Crippen molar-refractivity contribution in [2.24, 2.45) is 0 Å². The molecule has 0 saturated carbocycles. The first-order valence-electron chi connectivity index (χ1n) is 6.01. The molecule has 0 heterocycles. The van der Waals surface area contributed by atoms with Crippen LogP contribution >= 0.6 is 0 Å². The summed E-state index contributed by atoms with van der Waals surface area (Å²) in [6.45, 7) is 1.88. The van der Waals surface area contributed by atoms with Crippen LogP contribution in [0, 0.1) is 5.82 Å². The number of carboxylic acid groups (broad SMARTS) is 1. The summed E-state index contributed by atoms with van der Waals surface area (Å²) in [6, 6.07) is 3.25. The van der Waals surface area contributed by atoms with Gasteiger partial charge >= 0.3 is 5.97 Å². The summed E-state index contributed by atoms with van der Waals surface area (Å²) in [4.78, 5) is 22.5. The molecule has 0 aromatic heterocycles. The highest BCUT2D eigenvalue weighted by atomic mass is 19.1. The second-order valence-corrected chi connectivity index (χ2v) is 4.30. The molecule has 4 N–H and O–H groups in total. The summed E-state index contributed by atoms with van der Waals surface area (Å²) >= 11 is 0. The van der Waals surface area contributed by atoms with Crippen molar-refractivity contribution in [1.82, 2.24) is 5.32 Å². The number of hydrogen-bond donors (Lipinski definition) is 3. The topological polar surface area (TPSA) is 92.4 Å². The van der Waals surface area contributed by atoms with Gasteiger partial charge in [0, 0.05) is 11.7 Å². The minimum Gasteiger partial charge on any atom is -0.481 e. The highest BCUT2D eigenvalue weighted by molar-refractivity contribution is 5.95. The number of halogens is 1. The first-order valence-corrected chi connectivity index (χ1v) is 6.01. The lowest BCUT2D eigenvalue weighted by molar-refractivity contribution is -0.137. The van der Waals surface area contributed by atoms with Gasteiger partial charge in [-0.05, 0) is 24.6 Å². The number of carbonyl (C=O) groups excluding carboxylic acids is 1. The number of carbonyl (C=O) groups is 2. The predicted octanol–water partition coefficient (Wildman–Crippen LogP) is 1.78. The van der Waals surface area contributed by atoms with Gasteiger partial charge < -0.3 is 16.2 Å². The zero-order valence-electron chi connectivity index (χ0n) is 10.6. The number of amides is 1. The van der Waals surface area contributed by atoms with Crippen LogP contribution in [0.5, 0.6) is 0 Å². The fraction of sp³-hybridized carbons (Fsp3) is 0.385. The van der Waals surface area contributed by atoms with Crippen LogP contribution in [0.15, 0.2) is 18.2 Å². The molecule has 0 bridgehead atoms. The number of nitrogen functional groups attached to an aromatic ring is 1. The molecule has 104 valence electrons. The second kappa shape index (κ2) is 6.72. The van der Waals surface area contributed by atoms with E-state index in [0.717, 1.165) is 12.5 Å². The molecule has 5 nitrogen and oxygen atoms in total. The van der Waals surface area contributed by atoms with Gasteiger partial charge in [0.25, 0.3) is 5.91 Å². The van der Waals surface area contributed by atoms with Gasteiger partial charge in [-0.3, -0.25) is 9.59 Å². The second-order valence-electron chi connectivity index (χ2n) is 4.30. The molecule has 1 atom stereocenters. The molecule has 1 rings (SSSR count). The van der Waals surface area contributed by atoms with Crippen molar-refractivity contribution in [2.45, 2.75) is 32.2 Å². The van der Waals surface area contributed by atoms with Crippen LogP contribution in [-0.2, 0) is 4.79 Å². The average molecular weight is 268 g/mol. The maximum Gasteiger partial charge on any atom is 0.305 e. The van der Waals surface area contributed by atoms with Crippen molar-refractivity contribution < 1.29 is 19.1 Å². The number of anilines is 1. The average Bonchev–Trinajstić information content (AvgIpc) is 2.27. The number of carboxylic acids is 1. The standard InChI is InChI=1S/C13H17FN2O3/c1-2-3-9(7-12(17)18)16-13(19)10-5-4-8(15)6-11(10)14/h4-6,9H,2-3,7,15H2,1H3,(H,16,19)(H,17,18). The van der Waals surface area contributed by atoms with Gasteiger partial charge in [-0.1, -0.05) is 13.3 Å². The molecular weight excluding hydrogens is 251 g/mol. The maximum absolute atomic E-state index is 13.5. The van der Waals surface area contributed by atoms with Gasteiger partial charge in [0.1, 0.15) is 5.82 Å². The Bertz CT molecular complexity index is 477. The summed E-state index contributed by atoms with van der Waals surface area (Å²) in [5, 5.41) is 11.3. The minimum absolute atomic E-state index is 0.138. The molecule has 0 aliphatic rings. The van der Waals surface area contributed by atoms with Crippen LogP contribution in [0.4, 0.5) is 10.1 Å². The van der Waals surface area contributed by atoms with E-state index < -0.39 is 23.7 Å². The normalized spacial score (nSPS) is 11.9. The summed E-state index contributed by atoms with van der Waals surface area (Å²) in [5.41, 5.74) is 5.48.